The molecule has 0 unspecified atom stereocenters. The van der Waals surface area contributed by atoms with Crippen molar-refractivity contribution in [1.29, 1.82) is 0 Å². The molecule has 2 aromatic rings. The predicted molar refractivity (Wildman–Crippen MR) is 86.3 cm³/mol. The standard InChI is InChI=1S/C16H19N3O3S/c20-23(21,13-14-6-2-1-3-7-14)19-11-5-8-15(12-19)22-16-9-4-10-17-18-16/h1-4,6-7,9-10,15H,5,8,11-13H2/t15-/m0/s1. The Morgan fingerprint density at radius 3 is 2.74 bits per heavy atom. The Balaban J connectivity index is 1.65. The minimum Gasteiger partial charge on any atom is -0.472 e. The first-order chi connectivity index (χ1) is 11.1. The quantitative estimate of drug-likeness (QED) is 0.835. The molecule has 1 saturated heterocycles. The van der Waals surface area contributed by atoms with Crippen LogP contribution in [0, 0.1) is 0 Å². The van der Waals surface area contributed by atoms with Crippen molar-refractivity contribution in [3.63, 3.8) is 0 Å². The Morgan fingerprint density at radius 2 is 2.00 bits per heavy atom. The number of hydrogen-bond donors (Lipinski definition) is 0. The molecule has 0 saturated carbocycles. The fraction of sp³-hybridized carbons (Fsp3) is 0.375. The van der Waals surface area contributed by atoms with Crippen molar-refractivity contribution in [2.75, 3.05) is 13.1 Å². The van der Waals surface area contributed by atoms with Crippen LogP contribution in [0.15, 0.2) is 48.7 Å². The Bertz CT molecular complexity index is 723. The maximum absolute atomic E-state index is 12.6. The van der Waals surface area contributed by atoms with E-state index in [1.165, 1.54) is 4.31 Å². The number of rotatable bonds is 5. The minimum atomic E-state index is -3.34. The molecule has 1 aromatic carbocycles. The van der Waals surface area contributed by atoms with Crippen molar-refractivity contribution in [3.05, 3.63) is 54.2 Å². The molecule has 1 atom stereocenters. The molecular weight excluding hydrogens is 314 g/mol. The van der Waals surface area contributed by atoms with Crippen molar-refractivity contribution in [1.82, 2.24) is 14.5 Å². The summed E-state index contributed by atoms with van der Waals surface area (Å²) in [5.41, 5.74) is 0.796. The summed E-state index contributed by atoms with van der Waals surface area (Å²) in [4.78, 5) is 0. The van der Waals surface area contributed by atoms with E-state index in [0.29, 0.717) is 19.0 Å². The molecule has 1 aromatic heterocycles. The molecule has 0 spiro atoms. The third kappa shape index (κ3) is 4.27. The Hall–Kier alpha value is -1.99. The Morgan fingerprint density at radius 1 is 1.17 bits per heavy atom. The zero-order chi connectivity index (χ0) is 16.1. The lowest BCUT2D eigenvalue weighted by Gasteiger charge is -2.31. The van der Waals surface area contributed by atoms with Gasteiger partial charge in [0.1, 0.15) is 6.10 Å². The first-order valence-corrected chi connectivity index (χ1v) is 9.20. The second kappa shape index (κ2) is 7.06. The molecule has 122 valence electrons. The SMILES string of the molecule is O=S(=O)(Cc1ccccc1)N1CCC[C@H](Oc2cccnn2)C1. The number of piperidine rings is 1. The third-order valence-electron chi connectivity index (χ3n) is 3.76. The largest absolute Gasteiger partial charge is 0.472 e. The molecule has 1 aliphatic heterocycles. The third-order valence-corrected chi connectivity index (χ3v) is 5.58. The lowest BCUT2D eigenvalue weighted by molar-refractivity contribution is 0.123. The maximum atomic E-state index is 12.6. The molecular formula is C16H19N3O3S. The summed E-state index contributed by atoms with van der Waals surface area (Å²) in [6.45, 7) is 0.890. The van der Waals surface area contributed by atoms with E-state index in [2.05, 4.69) is 10.2 Å². The molecule has 7 heteroatoms. The number of ether oxygens (including phenoxy) is 1. The second-order valence-electron chi connectivity index (χ2n) is 5.54. The number of nitrogens with zero attached hydrogens (tertiary/aromatic N) is 3. The molecule has 0 N–H and O–H groups in total. The van der Waals surface area contributed by atoms with Gasteiger partial charge >= 0.3 is 0 Å². The van der Waals surface area contributed by atoms with Gasteiger partial charge < -0.3 is 4.74 Å². The lowest BCUT2D eigenvalue weighted by atomic mass is 10.1. The molecule has 6 nitrogen and oxygen atoms in total. The molecule has 0 amide bonds. The molecule has 2 heterocycles. The van der Waals surface area contributed by atoms with Crippen LogP contribution in [0.1, 0.15) is 18.4 Å². The summed E-state index contributed by atoms with van der Waals surface area (Å²) in [6.07, 6.45) is 2.98. The topological polar surface area (TPSA) is 72.4 Å². The zero-order valence-electron chi connectivity index (χ0n) is 12.7. The van der Waals surface area contributed by atoms with Crippen LogP contribution in [0.25, 0.3) is 0 Å². The second-order valence-corrected chi connectivity index (χ2v) is 7.51. The average Bonchev–Trinajstić information content (AvgIpc) is 2.57. The van der Waals surface area contributed by atoms with E-state index in [-0.39, 0.29) is 11.9 Å². The Labute approximate surface area is 136 Å². The van der Waals surface area contributed by atoms with Crippen LogP contribution in [0.4, 0.5) is 0 Å². The normalized spacial score (nSPS) is 19.4. The highest BCUT2D eigenvalue weighted by Crippen LogP contribution is 2.20. The maximum Gasteiger partial charge on any atom is 0.233 e. The van der Waals surface area contributed by atoms with Gasteiger partial charge in [0, 0.05) is 18.8 Å². The van der Waals surface area contributed by atoms with E-state index in [1.807, 2.05) is 30.3 Å². The van der Waals surface area contributed by atoms with Gasteiger partial charge in [-0.1, -0.05) is 30.3 Å². The lowest BCUT2D eigenvalue weighted by Crippen LogP contribution is -2.44. The van der Waals surface area contributed by atoms with Crippen LogP contribution in [0.2, 0.25) is 0 Å². The van der Waals surface area contributed by atoms with Gasteiger partial charge in [-0.2, -0.15) is 9.40 Å². The Kier molecular flexibility index (Phi) is 4.88. The molecule has 0 radical (unpaired) electrons. The zero-order valence-corrected chi connectivity index (χ0v) is 13.5. The molecule has 0 bridgehead atoms. The summed E-state index contributed by atoms with van der Waals surface area (Å²) in [5.74, 6) is 0.450. The first kappa shape index (κ1) is 15.9. The van der Waals surface area contributed by atoms with Crippen LogP contribution >= 0.6 is 0 Å². The minimum absolute atomic E-state index is 0.0195. The summed E-state index contributed by atoms with van der Waals surface area (Å²) in [7, 11) is -3.34. The smallest absolute Gasteiger partial charge is 0.233 e. The van der Waals surface area contributed by atoms with Crippen LogP contribution in [-0.4, -0.2) is 42.1 Å². The van der Waals surface area contributed by atoms with Gasteiger partial charge in [-0.25, -0.2) is 8.42 Å². The molecule has 0 aliphatic carbocycles. The monoisotopic (exact) mass is 333 g/mol. The van der Waals surface area contributed by atoms with E-state index in [4.69, 9.17) is 4.74 Å². The number of hydrogen-bond acceptors (Lipinski definition) is 5. The van der Waals surface area contributed by atoms with Crippen molar-refractivity contribution in [2.45, 2.75) is 24.7 Å². The van der Waals surface area contributed by atoms with Crippen molar-refractivity contribution >= 4 is 10.0 Å². The van der Waals surface area contributed by atoms with Crippen molar-refractivity contribution in [2.24, 2.45) is 0 Å². The molecule has 3 rings (SSSR count). The fourth-order valence-corrected chi connectivity index (χ4v) is 4.25. The molecule has 1 fully saturated rings. The predicted octanol–water partition coefficient (Wildman–Crippen LogP) is 1.85. The van der Waals surface area contributed by atoms with Crippen molar-refractivity contribution in [3.8, 4) is 5.88 Å². The van der Waals surface area contributed by atoms with E-state index < -0.39 is 10.0 Å². The van der Waals surface area contributed by atoms with Crippen molar-refractivity contribution < 1.29 is 13.2 Å². The van der Waals surface area contributed by atoms with Gasteiger partial charge in [-0.15, -0.1) is 5.10 Å². The highest BCUT2D eigenvalue weighted by atomic mass is 32.2. The summed E-state index contributed by atoms with van der Waals surface area (Å²) >= 11 is 0. The number of sulfonamides is 1. The van der Waals surface area contributed by atoms with E-state index in [1.54, 1.807) is 18.3 Å². The van der Waals surface area contributed by atoms with Crippen LogP contribution in [0.3, 0.4) is 0 Å². The summed E-state index contributed by atoms with van der Waals surface area (Å²) in [6, 6.07) is 12.7. The highest BCUT2D eigenvalue weighted by molar-refractivity contribution is 7.88. The highest BCUT2D eigenvalue weighted by Gasteiger charge is 2.30. The first-order valence-electron chi connectivity index (χ1n) is 7.59. The van der Waals surface area contributed by atoms with Gasteiger partial charge in [0.2, 0.25) is 15.9 Å². The molecule has 1 aliphatic rings. The molecule has 23 heavy (non-hydrogen) atoms. The summed E-state index contributed by atoms with van der Waals surface area (Å²) in [5, 5.41) is 7.65. The average molecular weight is 333 g/mol. The van der Waals surface area contributed by atoms with E-state index in [9.17, 15) is 8.42 Å². The van der Waals surface area contributed by atoms with Gasteiger partial charge in [-0.05, 0) is 24.5 Å². The summed E-state index contributed by atoms with van der Waals surface area (Å²) < 4.78 is 32.5. The van der Waals surface area contributed by atoms with Gasteiger partial charge in [0.05, 0.1) is 12.3 Å². The van der Waals surface area contributed by atoms with E-state index >= 15 is 0 Å². The van der Waals surface area contributed by atoms with Gasteiger partial charge in [-0.3, -0.25) is 0 Å². The van der Waals surface area contributed by atoms with Gasteiger partial charge in [0.15, 0.2) is 0 Å². The van der Waals surface area contributed by atoms with Crippen LogP contribution in [0.5, 0.6) is 5.88 Å². The van der Waals surface area contributed by atoms with Gasteiger partial charge in [0.25, 0.3) is 0 Å². The van der Waals surface area contributed by atoms with Crippen LogP contribution in [-0.2, 0) is 15.8 Å². The number of benzene rings is 1. The fourth-order valence-electron chi connectivity index (χ4n) is 2.65. The van der Waals surface area contributed by atoms with E-state index in [0.717, 1.165) is 18.4 Å². The number of aromatic nitrogens is 2. The van der Waals surface area contributed by atoms with Crippen LogP contribution < -0.4 is 4.74 Å².